The van der Waals surface area contributed by atoms with Crippen LogP contribution in [0.1, 0.15) is 16.7 Å². The van der Waals surface area contributed by atoms with Gasteiger partial charge in [-0.3, -0.25) is 4.79 Å². The van der Waals surface area contributed by atoms with E-state index in [-0.39, 0.29) is 28.6 Å². The first-order valence-corrected chi connectivity index (χ1v) is 14.3. The molecule has 0 unspecified atom stereocenters. The second-order valence-electron chi connectivity index (χ2n) is 8.62. The van der Waals surface area contributed by atoms with E-state index in [1.165, 1.54) is 39.4 Å². The van der Waals surface area contributed by atoms with Crippen LogP contribution in [0.5, 0.6) is 5.75 Å². The van der Waals surface area contributed by atoms with Crippen LogP contribution < -0.4 is 10.1 Å². The van der Waals surface area contributed by atoms with Gasteiger partial charge in [-0.2, -0.15) is 4.31 Å². The molecule has 0 saturated heterocycles. The van der Waals surface area contributed by atoms with E-state index in [0.29, 0.717) is 5.56 Å². The third-order valence-corrected chi connectivity index (χ3v) is 9.29. The Bertz CT molecular complexity index is 1440. The topological polar surface area (TPSA) is 113 Å². The molecule has 0 fully saturated rings. The lowest BCUT2D eigenvalue weighted by atomic mass is 10.2. The zero-order valence-corrected chi connectivity index (χ0v) is 22.8. The van der Waals surface area contributed by atoms with Crippen molar-refractivity contribution in [3.05, 3.63) is 89.5 Å². The van der Waals surface area contributed by atoms with Gasteiger partial charge in [-0.15, -0.1) is 0 Å². The van der Waals surface area contributed by atoms with Gasteiger partial charge in [-0.25, -0.2) is 21.1 Å². The molecule has 0 atom stereocenters. The van der Waals surface area contributed by atoms with Gasteiger partial charge in [-0.05, 0) is 47.9 Å². The lowest BCUT2D eigenvalue weighted by molar-refractivity contribution is -0.121. The van der Waals surface area contributed by atoms with E-state index in [2.05, 4.69) is 5.32 Å². The zero-order valence-electron chi connectivity index (χ0n) is 21.2. The Kier molecular flexibility index (Phi) is 9.08. The molecule has 0 heterocycles. The smallest absolute Gasteiger partial charge is 0.247 e. The molecule has 0 aromatic heterocycles. The molecule has 3 rings (SSSR count). The fourth-order valence-electron chi connectivity index (χ4n) is 3.54. The molecule has 198 valence electrons. The Balaban J connectivity index is 1.80. The molecular formula is C26H31N3O6S2. The fourth-order valence-corrected chi connectivity index (χ4v) is 6.07. The van der Waals surface area contributed by atoms with Crippen LogP contribution >= 0.6 is 0 Å². The van der Waals surface area contributed by atoms with Crippen LogP contribution in [-0.4, -0.2) is 59.1 Å². The predicted octanol–water partition coefficient (Wildman–Crippen LogP) is 2.76. The first kappa shape index (κ1) is 28.3. The summed E-state index contributed by atoms with van der Waals surface area (Å²) in [5.74, 6) is -0.312. The summed E-state index contributed by atoms with van der Waals surface area (Å²) in [6.45, 7) is 1.46. The van der Waals surface area contributed by atoms with Gasteiger partial charge in [-0.1, -0.05) is 48.5 Å². The first-order valence-electron chi connectivity index (χ1n) is 11.4. The maximum Gasteiger partial charge on any atom is 0.247 e. The van der Waals surface area contributed by atoms with E-state index in [1.807, 2.05) is 6.07 Å². The summed E-state index contributed by atoms with van der Waals surface area (Å²) in [5.41, 5.74) is 2.13. The van der Waals surface area contributed by atoms with Crippen molar-refractivity contribution < 1.29 is 26.4 Å². The minimum Gasteiger partial charge on any atom is -0.495 e. The summed E-state index contributed by atoms with van der Waals surface area (Å²) in [4.78, 5) is 13.0. The van der Waals surface area contributed by atoms with Gasteiger partial charge in [0.1, 0.15) is 10.6 Å². The molecular weight excluding hydrogens is 514 g/mol. The van der Waals surface area contributed by atoms with E-state index in [4.69, 9.17) is 4.74 Å². The quantitative estimate of drug-likeness (QED) is 0.397. The Hall–Kier alpha value is -3.25. The van der Waals surface area contributed by atoms with Crippen LogP contribution in [0, 0.1) is 6.92 Å². The van der Waals surface area contributed by atoms with E-state index < -0.39 is 32.5 Å². The molecule has 9 nitrogen and oxygen atoms in total. The van der Waals surface area contributed by atoms with Crippen molar-refractivity contribution in [2.24, 2.45) is 0 Å². The molecule has 0 aliphatic rings. The summed E-state index contributed by atoms with van der Waals surface area (Å²) in [5, 5.41) is 2.72. The van der Waals surface area contributed by atoms with Crippen LogP contribution in [0.2, 0.25) is 0 Å². The van der Waals surface area contributed by atoms with Crippen molar-refractivity contribution in [3.63, 3.8) is 0 Å². The molecule has 3 aromatic rings. The zero-order chi connectivity index (χ0) is 27.2. The second-order valence-corrected chi connectivity index (χ2v) is 12.7. The summed E-state index contributed by atoms with van der Waals surface area (Å²) in [7, 11) is -3.36. The number of rotatable bonds is 11. The number of aryl methyl sites for hydroxylation is 1. The molecule has 11 heteroatoms. The molecule has 0 spiro atoms. The average molecular weight is 546 g/mol. The number of carbonyl (C=O) groups is 1. The van der Waals surface area contributed by atoms with Crippen molar-refractivity contribution in [2.75, 3.05) is 27.7 Å². The Morgan fingerprint density at radius 3 is 2.11 bits per heavy atom. The summed E-state index contributed by atoms with van der Waals surface area (Å²) in [6, 6.07) is 20.0. The molecule has 3 aromatic carbocycles. The van der Waals surface area contributed by atoms with Crippen LogP contribution in [-0.2, 0) is 37.9 Å². The van der Waals surface area contributed by atoms with Crippen LogP contribution in [0.25, 0.3) is 0 Å². The van der Waals surface area contributed by atoms with E-state index in [9.17, 15) is 21.6 Å². The summed E-state index contributed by atoms with van der Waals surface area (Å²) >= 11 is 0. The molecule has 0 saturated carbocycles. The molecule has 0 aliphatic heterocycles. The first-order chi connectivity index (χ1) is 17.4. The fraction of sp³-hybridized carbons (Fsp3) is 0.269. The Morgan fingerprint density at radius 2 is 1.51 bits per heavy atom. The number of hydrogen-bond acceptors (Lipinski definition) is 6. The van der Waals surface area contributed by atoms with Crippen molar-refractivity contribution in [1.82, 2.24) is 13.9 Å². The monoisotopic (exact) mass is 545 g/mol. The van der Waals surface area contributed by atoms with Crippen molar-refractivity contribution >= 4 is 26.0 Å². The largest absolute Gasteiger partial charge is 0.495 e. The highest BCUT2D eigenvalue weighted by Gasteiger charge is 2.30. The number of nitrogens with zero attached hydrogens (tertiary/aromatic N) is 2. The number of methoxy groups -OCH3 is 1. The highest BCUT2D eigenvalue weighted by atomic mass is 32.2. The van der Waals surface area contributed by atoms with Gasteiger partial charge >= 0.3 is 0 Å². The van der Waals surface area contributed by atoms with Crippen molar-refractivity contribution in [3.8, 4) is 5.75 Å². The number of amides is 1. The van der Waals surface area contributed by atoms with Crippen LogP contribution in [0.15, 0.2) is 82.6 Å². The third-order valence-electron chi connectivity index (χ3n) is 5.65. The molecule has 37 heavy (non-hydrogen) atoms. The number of sulfonamides is 2. The highest BCUT2D eigenvalue weighted by molar-refractivity contribution is 7.89. The molecule has 0 radical (unpaired) electrons. The lowest BCUT2D eigenvalue weighted by Crippen LogP contribution is -2.40. The predicted molar refractivity (Wildman–Crippen MR) is 141 cm³/mol. The molecule has 0 aliphatic carbocycles. The Labute approximate surface area is 218 Å². The van der Waals surface area contributed by atoms with Crippen molar-refractivity contribution in [1.29, 1.82) is 0 Å². The summed E-state index contributed by atoms with van der Waals surface area (Å²) < 4.78 is 59.4. The molecule has 1 N–H and O–H groups in total. The maximum absolute atomic E-state index is 13.7. The van der Waals surface area contributed by atoms with Crippen molar-refractivity contribution in [2.45, 2.75) is 29.8 Å². The third kappa shape index (κ3) is 6.95. The van der Waals surface area contributed by atoms with Gasteiger partial charge in [0.15, 0.2) is 0 Å². The minimum atomic E-state index is -4.10. The lowest BCUT2D eigenvalue weighted by Gasteiger charge is -2.23. The van der Waals surface area contributed by atoms with E-state index >= 15 is 0 Å². The molecule has 0 bridgehead atoms. The standard InChI is InChI=1S/C26H31N3O6S2/c1-20-10-15-24(35-4)25(16-20)37(33,34)29(18-22-8-6-5-7-9-22)19-26(30)27-17-21-11-13-23(14-12-21)36(31,32)28(2)3/h5-16H,17-19H2,1-4H3,(H,27,30). The van der Waals surface area contributed by atoms with Gasteiger partial charge in [0.05, 0.1) is 18.6 Å². The number of hydrogen-bond donors (Lipinski definition) is 1. The normalized spacial score (nSPS) is 12.1. The van der Waals surface area contributed by atoms with Gasteiger partial charge in [0.2, 0.25) is 26.0 Å². The number of carbonyl (C=O) groups excluding carboxylic acids is 1. The number of benzene rings is 3. The van der Waals surface area contributed by atoms with Crippen LogP contribution in [0.3, 0.4) is 0 Å². The minimum absolute atomic E-state index is 0.00915. The SMILES string of the molecule is COc1ccc(C)cc1S(=O)(=O)N(CC(=O)NCc1ccc(S(=O)(=O)N(C)C)cc1)Cc1ccccc1. The average Bonchev–Trinajstić information content (AvgIpc) is 2.87. The van der Waals surface area contributed by atoms with Gasteiger partial charge in [0, 0.05) is 27.2 Å². The summed E-state index contributed by atoms with van der Waals surface area (Å²) in [6.07, 6.45) is 0. The Morgan fingerprint density at radius 1 is 0.865 bits per heavy atom. The molecule has 1 amide bonds. The second kappa shape index (κ2) is 11.9. The highest BCUT2D eigenvalue weighted by Crippen LogP contribution is 2.28. The van der Waals surface area contributed by atoms with Gasteiger partial charge < -0.3 is 10.1 Å². The number of ether oxygens (including phenoxy) is 1. The van der Waals surface area contributed by atoms with Gasteiger partial charge in [0.25, 0.3) is 0 Å². The van der Waals surface area contributed by atoms with Crippen LogP contribution in [0.4, 0.5) is 0 Å². The number of nitrogens with one attached hydrogen (secondary N) is 1. The van der Waals surface area contributed by atoms with E-state index in [1.54, 1.807) is 55.5 Å². The maximum atomic E-state index is 13.7. The van der Waals surface area contributed by atoms with E-state index in [0.717, 1.165) is 19.7 Å².